The molecule has 29 heavy (non-hydrogen) atoms. The zero-order valence-electron chi connectivity index (χ0n) is 16.6. The molecule has 0 bridgehead atoms. The van der Waals surface area contributed by atoms with Gasteiger partial charge < -0.3 is 14.1 Å². The van der Waals surface area contributed by atoms with Crippen LogP contribution in [0.1, 0.15) is 53.1 Å². The minimum absolute atomic E-state index is 0.119. The van der Waals surface area contributed by atoms with E-state index in [2.05, 4.69) is 6.92 Å². The molecule has 1 atom stereocenters. The first kappa shape index (κ1) is 19.5. The highest BCUT2D eigenvalue weighted by Gasteiger charge is 2.42. The van der Waals surface area contributed by atoms with E-state index in [4.69, 9.17) is 20.8 Å². The fourth-order valence-electron chi connectivity index (χ4n) is 3.86. The number of ether oxygens (including phenoxy) is 1. The van der Waals surface area contributed by atoms with Gasteiger partial charge in [-0.1, -0.05) is 37.1 Å². The van der Waals surface area contributed by atoms with Gasteiger partial charge in [0, 0.05) is 11.6 Å². The van der Waals surface area contributed by atoms with Crippen molar-refractivity contribution in [2.45, 2.75) is 32.7 Å². The van der Waals surface area contributed by atoms with Crippen LogP contribution in [0.2, 0.25) is 5.02 Å². The Labute approximate surface area is 173 Å². The molecule has 0 radical (unpaired) electrons. The van der Waals surface area contributed by atoms with Crippen molar-refractivity contribution in [1.29, 1.82) is 0 Å². The lowest BCUT2D eigenvalue weighted by atomic mass is 9.98. The third-order valence-corrected chi connectivity index (χ3v) is 5.82. The molecule has 1 aromatic heterocycles. The molecule has 0 saturated carbocycles. The van der Waals surface area contributed by atoms with Crippen LogP contribution in [0.5, 0.6) is 5.75 Å². The monoisotopic (exact) mass is 411 g/mol. The van der Waals surface area contributed by atoms with Crippen LogP contribution in [0.4, 0.5) is 0 Å². The van der Waals surface area contributed by atoms with Crippen molar-refractivity contribution in [3.63, 3.8) is 0 Å². The molecule has 1 unspecified atom stereocenters. The third kappa shape index (κ3) is 3.19. The van der Waals surface area contributed by atoms with Crippen LogP contribution in [0, 0.1) is 6.92 Å². The number of carbonyl (C=O) groups is 1. The Kier molecular flexibility index (Phi) is 5.09. The summed E-state index contributed by atoms with van der Waals surface area (Å²) in [4.78, 5) is 28.4. The summed E-state index contributed by atoms with van der Waals surface area (Å²) in [5.41, 5.74) is 2.14. The first-order valence-corrected chi connectivity index (χ1v) is 10.1. The number of carbonyl (C=O) groups excluding carboxylic acids is 1. The minimum atomic E-state index is -0.514. The van der Waals surface area contributed by atoms with Crippen LogP contribution in [0.3, 0.4) is 0 Å². The van der Waals surface area contributed by atoms with E-state index in [0.717, 1.165) is 24.0 Å². The Balaban J connectivity index is 1.98. The summed E-state index contributed by atoms with van der Waals surface area (Å²) >= 11 is 6.25. The number of rotatable bonds is 5. The maximum atomic E-state index is 13.5. The van der Waals surface area contributed by atoms with Crippen molar-refractivity contribution in [3.8, 4) is 5.75 Å². The standard InChI is InChI=1S/C23H22ClNO4/c1-4-5-9-25-20(14-7-6-8-15(11-14)28-3)19-21(26)16-12-17(24)13(2)10-18(16)29-22(19)23(25)27/h6-8,10-12,20H,4-5,9H2,1-3H3. The van der Waals surface area contributed by atoms with Gasteiger partial charge in [-0.15, -0.1) is 0 Å². The summed E-state index contributed by atoms with van der Waals surface area (Å²) < 4.78 is 11.3. The number of hydrogen-bond donors (Lipinski definition) is 0. The maximum absolute atomic E-state index is 13.5. The van der Waals surface area contributed by atoms with Crippen LogP contribution >= 0.6 is 11.6 Å². The molecule has 6 heteroatoms. The Bertz CT molecular complexity index is 1170. The first-order chi connectivity index (χ1) is 14.0. The average molecular weight is 412 g/mol. The molecule has 4 rings (SSSR count). The summed E-state index contributed by atoms with van der Waals surface area (Å²) in [5, 5.41) is 0.882. The molecule has 0 N–H and O–H groups in total. The van der Waals surface area contributed by atoms with E-state index >= 15 is 0 Å². The molecule has 0 spiro atoms. The van der Waals surface area contributed by atoms with E-state index < -0.39 is 6.04 Å². The molecular formula is C23H22ClNO4. The van der Waals surface area contributed by atoms with E-state index in [0.29, 0.717) is 33.8 Å². The highest BCUT2D eigenvalue weighted by atomic mass is 35.5. The second-order valence-corrected chi connectivity index (χ2v) is 7.71. The van der Waals surface area contributed by atoms with Crippen molar-refractivity contribution in [3.05, 3.63) is 74.1 Å². The second kappa shape index (κ2) is 7.56. The highest BCUT2D eigenvalue weighted by molar-refractivity contribution is 6.32. The van der Waals surface area contributed by atoms with Crippen molar-refractivity contribution < 1.29 is 13.9 Å². The number of halogens is 1. The Morgan fingerprint density at radius 1 is 1.21 bits per heavy atom. The SMILES string of the molecule is CCCCN1C(=O)c2oc3cc(C)c(Cl)cc3c(=O)c2C1c1cccc(OC)c1. The number of amides is 1. The van der Waals surface area contributed by atoms with Crippen LogP contribution < -0.4 is 10.2 Å². The molecule has 0 fully saturated rings. The van der Waals surface area contributed by atoms with E-state index in [1.807, 2.05) is 31.2 Å². The molecule has 5 nitrogen and oxygen atoms in total. The Hall–Kier alpha value is -2.79. The molecule has 2 aromatic carbocycles. The third-order valence-electron chi connectivity index (χ3n) is 5.41. The second-order valence-electron chi connectivity index (χ2n) is 7.30. The largest absolute Gasteiger partial charge is 0.497 e. The van der Waals surface area contributed by atoms with Gasteiger partial charge >= 0.3 is 0 Å². The molecule has 1 aliphatic rings. The predicted octanol–water partition coefficient (Wildman–Crippen LogP) is 5.11. The van der Waals surface area contributed by atoms with Crippen molar-refractivity contribution in [2.75, 3.05) is 13.7 Å². The van der Waals surface area contributed by atoms with Gasteiger partial charge in [0.05, 0.1) is 24.1 Å². The molecule has 3 aromatic rings. The highest BCUT2D eigenvalue weighted by Crippen LogP contribution is 2.39. The van der Waals surface area contributed by atoms with Gasteiger partial charge in [0.25, 0.3) is 5.91 Å². The van der Waals surface area contributed by atoms with E-state index in [1.165, 1.54) is 0 Å². The van der Waals surface area contributed by atoms with Gasteiger partial charge in [0.15, 0.2) is 5.43 Å². The molecule has 150 valence electrons. The summed E-state index contributed by atoms with van der Waals surface area (Å²) in [7, 11) is 1.59. The smallest absolute Gasteiger partial charge is 0.290 e. The number of methoxy groups -OCH3 is 1. The van der Waals surface area contributed by atoms with Crippen LogP contribution in [0.25, 0.3) is 11.0 Å². The quantitative estimate of drug-likeness (QED) is 0.585. The first-order valence-electron chi connectivity index (χ1n) is 9.68. The van der Waals surface area contributed by atoms with Crippen molar-refractivity contribution in [1.82, 2.24) is 4.90 Å². The van der Waals surface area contributed by atoms with E-state index in [-0.39, 0.29) is 17.1 Å². The molecule has 2 heterocycles. The maximum Gasteiger partial charge on any atom is 0.290 e. The predicted molar refractivity (Wildman–Crippen MR) is 113 cm³/mol. The van der Waals surface area contributed by atoms with Gasteiger partial charge in [-0.2, -0.15) is 0 Å². The Morgan fingerprint density at radius 3 is 2.72 bits per heavy atom. The number of benzene rings is 2. The van der Waals surface area contributed by atoms with Crippen LogP contribution in [-0.4, -0.2) is 24.5 Å². The van der Waals surface area contributed by atoms with Crippen LogP contribution in [0.15, 0.2) is 45.6 Å². The zero-order chi connectivity index (χ0) is 20.7. The van der Waals surface area contributed by atoms with Gasteiger partial charge in [-0.25, -0.2) is 0 Å². The molecular weight excluding hydrogens is 390 g/mol. The lowest BCUT2D eigenvalue weighted by Crippen LogP contribution is -2.30. The molecule has 0 aliphatic carbocycles. The summed E-state index contributed by atoms with van der Waals surface area (Å²) in [6.07, 6.45) is 1.77. The normalized spacial score (nSPS) is 15.8. The minimum Gasteiger partial charge on any atom is -0.497 e. The van der Waals surface area contributed by atoms with Gasteiger partial charge in [-0.3, -0.25) is 9.59 Å². The molecule has 0 saturated heterocycles. The zero-order valence-corrected chi connectivity index (χ0v) is 17.4. The van der Waals surface area contributed by atoms with Crippen molar-refractivity contribution >= 4 is 28.5 Å². The fourth-order valence-corrected chi connectivity index (χ4v) is 4.02. The number of fused-ring (bicyclic) bond motifs is 2. The van der Waals surface area contributed by atoms with Crippen LogP contribution in [-0.2, 0) is 0 Å². The van der Waals surface area contributed by atoms with E-state index in [9.17, 15) is 9.59 Å². The summed E-state index contributed by atoms with van der Waals surface area (Å²) in [6, 6.07) is 10.3. The number of unbranched alkanes of at least 4 members (excludes halogenated alkanes) is 1. The Morgan fingerprint density at radius 2 is 2.00 bits per heavy atom. The number of aryl methyl sites for hydroxylation is 1. The lowest BCUT2D eigenvalue weighted by Gasteiger charge is -2.25. The molecule has 1 amide bonds. The van der Waals surface area contributed by atoms with E-state index in [1.54, 1.807) is 24.1 Å². The number of nitrogens with zero attached hydrogens (tertiary/aromatic N) is 1. The van der Waals surface area contributed by atoms with Gasteiger partial charge in [0.2, 0.25) is 5.76 Å². The topological polar surface area (TPSA) is 59.8 Å². The summed E-state index contributed by atoms with van der Waals surface area (Å²) in [6.45, 7) is 4.44. The fraction of sp³-hybridized carbons (Fsp3) is 0.304. The van der Waals surface area contributed by atoms with Gasteiger partial charge in [-0.05, 0) is 48.7 Å². The lowest BCUT2D eigenvalue weighted by molar-refractivity contribution is 0.0725. The van der Waals surface area contributed by atoms with Gasteiger partial charge in [0.1, 0.15) is 11.3 Å². The average Bonchev–Trinajstić information content (AvgIpc) is 3.00. The molecule has 1 aliphatic heterocycles. The number of hydrogen-bond acceptors (Lipinski definition) is 4. The van der Waals surface area contributed by atoms with Crippen molar-refractivity contribution in [2.24, 2.45) is 0 Å². The summed E-state index contributed by atoms with van der Waals surface area (Å²) in [5.74, 6) is 0.531.